The normalized spacial score (nSPS) is 26.6. The topological polar surface area (TPSA) is 101 Å². The molecule has 2 fully saturated rings. The number of allylic oxidation sites excluding steroid dienone is 1. The zero-order chi connectivity index (χ0) is 24.2. The quantitative estimate of drug-likeness (QED) is 0.583. The van der Waals surface area contributed by atoms with E-state index in [9.17, 15) is 17.6 Å². The van der Waals surface area contributed by atoms with E-state index in [2.05, 4.69) is 10.3 Å². The Morgan fingerprint density at radius 1 is 1.35 bits per heavy atom. The predicted octanol–water partition coefficient (Wildman–Crippen LogP) is 2.98. The maximum atomic E-state index is 13.8. The number of piperidine rings is 1. The molecule has 0 bridgehead atoms. The van der Waals surface area contributed by atoms with E-state index in [-0.39, 0.29) is 29.4 Å². The molecular weight excluding hydrogens is 503 g/mol. The van der Waals surface area contributed by atoms with Gasteiger partial charge in [-0.15, -0.1) is 11.3 Å². The Kier molecular flexibility index (Phi) is 5.99. The Morgan fingerprint density at radius 3 is 2.68 bits per heavy atom. The summed E-state index contributed by atoms with van der Waals surface area (Å²) in [6.07, 6.45) is 2.86. The Balaban J connectivity index is 1.60. The number of benzene rings is 1. The molecule has 3 heterocycles. The molecule has 12 heteroatoms. The van der Waals surface area contributed by atoms with Gasteiger partial charge in [0, 0.05) is 46.9 Å². The molecule has 8 nitrogen and oxygen atoms in total. The highest BCUT2D eigenvalue weighted by atomic mass is 35.5. The van der Waals surface area contributed by atoms with E-state index in [1.807, 2.05) is 5.38 Å². The number of ether oxygens (including phenoxy) is 1. The maximum Gasteiger partial charge on any atom is 0.338 e. The van der Waals surface area contributed by atoms with E-state index in [4.69, 9.17) is 21.3 Å². The van der Waals surface area contributed by atoms with Crippen LogP contribution in [0.5, 0.6) is 0 Å². The summed E-state index contributed by atoms with van der Waals surface area (Å²) in [4.78, 5) is 22.3. The molecule has 0 radical (unpaired) electrons. The number of carbonyl (C=O) groups is 1. The monoisotopic (exact) mass is 524 g/mol. The van der Waals surface area contributed by atoms with Crippen LogP contribution in [-0.2, 0) is 19.6 Å². The van der Waals surface area contributed by atoms with E-state index >= 15 is 0 Å². The molecule has 3 aliphatic rings. The number of sulfonamides is 1. The third-order valence-electron chi connectivity index (χ3n) is 6.43. The molecule has 2 unspecified atom stereocenters. The van der Waals surface area contributed by atoms with E-state index in [0.29, 0.717) is 40.8 Å². The number of aliphatic imine (C=N–C) groups is 1. The van der Waals surface area contributed by atoms with Gasteiger partial charge in [0.15, 0.2) is 10.8 Å². The number of fused-ring (bicyclic) bond motifs is 1. The first kappa shape index (κ1) is 23.4. The minimum atomic E-state index is -3.29. The Hall–Kier alpha value is -2.34. The lowest BCUT2D eigenvalue weighted by atomic mass is 9.93. The number of hydrogen-bond donors (Lipinski definition) is 1. The van der Waals surface area contributed by atoms with Gasteiger partial charge in [0.1, 0.15) is 11.9 Å². The fourth-order valence-electron chi connectivity index (χ4n) is 4.85. The van der Waals surface area contributed by atoms with Gasteiger partial charge in [-0.25, -0.2) is 26.9 Å². The van der Waals surface area contributed by atoms with Crippen molar-refractivity contribution in [2.24, 2.45) is 22.7 Å². The van der Waals surface area contributed by atoms with Crippen LogP contribution in [0.1, 0.15) is 23.5 Å². The average molecular weight is 525 g/mol. The van der Waals surface area contributed by atoms with Crippen molar-refractivity contribution in [2.75, 3.05) is 26.0 Å². The molecule has 2 aromatic rings. The summed E-state index contributed by atoms with van der Waals surface area (Å²) in [7, 11) is -3.29. The molecule has 1 aromatic carbocycles. The second-order valence-electron chi connectivity index (χ2n) is 8.49. The van der Waals surface area contributed by atoms with Gasteiger partial charge in [-0.2, -0.15) is 0 Å². The molecule has 2 aliphatic heterocycles. The van der Waals surface area contributed by atoms with Gasteiger partial charge in [0.2, 0.25) is 10.0 Å². The Bertz CT molecular complexity index is 1300. The van der Waals surface area contributed by atoms with Crippen LogP contribution in [0.2, 0.25) is 5.02 Å². The molecule has 4 atom stereocenters. The molecular formula is C22H22ClFN4O4S2. The van der Waals surface area contributed by atoms with Crippen molar-refractivity contribution in [1.82, 2.24) is 14.6 Å². The molecule has 5 rings (SSSR count). The fraction of sp³-hybridized carbons (Fsp3) is 0.409. The first-order valence-electron chi connectivity index (χ1n) is 10.7. The minimum Gasteiger partial charge on any atom is -0.463 e. The number of esters is 1. The van der Waals surface area contributed by atoms with Crippen LogP contribution in [-0.4, -0.2) is 55.5 Å². The molecule has 1 saturated carbocycles. The third kappa shape index (κ3) is 4.15. The van der Waals surface area contributed by atoms with Crippen molar-refractivity contribution in [3.05, 3.63) is 62.5 Å². The van der Waals surface area contributed by atoms with Crippen molar-refractivity contribution in [1.29, 1.82) is 0 Å². The molecule has 0 spiro atoms. The predicted molar refractivity (Wildman–Crippen MR) is 126 cm³/mol. The largest absolute Gasteiger partial charge is 0.463 e. The number of hydrogen-bond acceptors (Lipinski definition) is 8. The molecule has 1 saturated heterocycles. The third-order valence-corrected chi connectivity index (χ3v) is 8.77. The number of nitrogens with zero attached hydrogens (tertiary/aromatic N) is 3. The summed E-state index contributed by atoms with van der Waals surface area (Å²) < 4.78 is 44.7. The van der Waals surface area contributed by atoms with Crippen molar-refractivity contribution in [3.63, 3.8) is 0 Å². The number of rotatable bonds is 6. The van der Waals surface area contributed by atoms with Gasteiger partial charge in [-0.3, -0.25) is 4.99 Å². The summed E-state index contributed by atoms with van der Waals surface area (Å²) in [5, 5.41) is 5.91. The number of amidine groups is 1. The molecule has 180 valence electrons. The average Bonchev–Trinajstić information content (AvgIpc) is 3.16. The number of aromatic nitrogens is 1. The zero-order valence-corrected chi connectivity index (χ0v) is 20.8. The van der Waals surface area contributed by atoms with Gasteiger partial charge in [-0.1, -0.05) is 17.7 Å². The zero-order valence-electron chi connectivity index (χ0n) is 18.4. The maximum absolute atomic E-state index is 13.8. The summed E-state index contributed by atoms with van der Waals surface area (Å²) in [5.74, 6) is -0.477. The Morgan fingerprint density at radius 2 is 2.09 bits per heavy atom. The van der Waals surface area contributed by atoms with Crippen molar-refractivity contribution in [2.45, 2.75) is 13.0 Å². The second kappa shape index (κ2) is 8.71. The Labute approximate surface area is 205 Å². The van der Waals surface area contributed by atoms with E-state index < -0.39 is 27.9 Å². The van der Waals surface area contributed by atoms with Crippen LogP contribution in [0.25, 0.3) is 0 Å². The van der Waals surface area contributed by atoms with Gasteiger partial charge >= 0.3 is 5.97 Å². The highest BCUT2D eigenvalue weighted by molar-refractivity contribution is 7.88. The van der Waals surface area contributed by atoms with Gasteiger partial charge < -0.3 is 10.1 Å². The highest BCUT2D eigenvalue weighted by Crippen LogP contribution is 2.57. The minimum absolute atomic E-state index is 0.0652. The van der Waals surface area contributed by atoms with Crippen LogP contribution in [0.15, 0.2) is 46.0 Å². The molecule has 34 heavy (non-hydrogen) atoms. The lowest BCUT2D eigenvalue weighted by Gasteiger charge is -2.29. The standard InChI is InChI=1S/C22H22ClFN4O4S2/c1-3-32-22(29)17-18(12-5-4-11(24)8-15(12)23)26-20(21-25-6-7-33-21)27-19(17)16-13-9-28(10-14(13)16)34(2,30)31/h4-8,13-14,16,18H,3,9-10H2,1-2H3,(H,26,27)/t13-,14+,16?,18?. The summed E-state index contributed by atoms with van der Waals surface area (Å²) in [6, 6.07) is 3.16. The first-order chi connectivity index (χ1) is 16.2. The van der Waals surface area contributed by atoms with Crippen molar-refractivity contribution < 1.29 is 22.3 Å². The first-order valence-corrected chi connectivity index (χ1v) is 13.9. The highest BCUT2D eigenvalue weighted by Gasteiger charge is 2.60. The smallest absolute Gasteiger partial charge is 0.338 e. The number of halogens is 2. The molecule has 0 amide bonds. The van der Waals surface area contributed by atoms with Crippen LogP contribution in [0, 0.1) is 23.6 Å². The fourth-order valence-corrected chi connectivity index (χ4v) is 6.59. The molecule has 1 N–H and O–H groups in total. The van der Waals surface area contributed by atoms with Crippen molar-refractivity contribution >= 4 is 44.8 Å². The summed E-state index contributed by atoms with van der Waals surface area (Å²) in [6.45, 7) is 2.67. The van der Waals surface area contributed by atoms with Gasteiger partial charge in [0.25, 0.3) is 0 Å². The van der Waals surface area contributed by atoms with Crippen LogP contribution in [0.4, 0.5) is 4.39 Å². The summed E-state index contributed by atoms with van der Waals surface area (Å²) >= 11 is 7.79. The number of carbonyl (C=O) groups excluding carboxylic acids is 1. The van der Waals surface area contributed by atoms with Gasteiger partial charge in [-0.05, 0) is 30.9 Å². The van der Waals surface area contributed by atoms with E-state index in [1.54, 1.807) is 13.1 Å². The lowest BCUT2D eigenvalue weighted by Crippen LogP contribution is -2.37. The van der Waals surface area contributed by atoms with Crippen LogP contribution < -0.4 is 5.32 Å². The number of thiazole rings is 1. The van der Waals surface area contributed by atoms with Gasteiger partial charge in [0.05, 0.1) is 18.4 Å². The molecule has 1 aliphatic carbocycles. The van der Waals surface area contributed by atoms with Crippen LogP contribution in [0.3, 0.4) is 0 Å². The van der Waals surface area contributed by atoms with E-state index in [1.165, 1.54) is 40.1 Å². The molecule has 1 aromatic heterocycles. The van der Waals surface area contributed by atoms with E-state index in [0.717, 1.165) is 0 Å². The lowest BCUT2D eigenvalue weighted by molar-refractivity contribution is -0.139. The number of nitrogens with one attached hydrogen (secondary N) is 1. The van der Waals surface area contributed by atoms with Crippen molar-refractivity contribution in [3.8, 4) is 0 Å². The summed E-state index contributed by atoms with van der Waals surface area (Å²) in [5.41, 5.74) is 1.43. The second-order valence-corrected chi connectivity index (χ2v) is 11.8. The van der Waals surface area contributed by atoms with Crippen LogP contribution >= 0.6 is 22.9 Å². The SMILES string of the molecule is CCOC(=O)C1=C(C2[C@H]3CN(S(C)(=O)=O)C[C@@H]23)NC(c2nccs2)=NC1c1ccc(F)cc1Cl.